The van der Waals surface area contributed by atoms with Gasteiger partial charge in [-0.05, 0) is 38.5 Å². The van der Waals surface area contributed by atoms with Crippen molar-refractivity contribution in [2.45, 2.75) is 64.6 Å². The van der Waals surface area contributed by atoms with Crippen LogP contribution in [-0.2, 0) is 19.1 Å². The third-order valence-corrected chi connectivity index (χ3v) is 4.19. The zero-order valence-corrected chi connectivity index (χ0v) is 11.2. The van der Waals surface area contributed by atoms with Crippen molar-refractivity contribution in [3.8, 4) is 0 Å². The van der Waals surface area contributed by atoms with Gasteiger partial charge in [-0.2, -0.15) is 0 Å². The zero-order valence-electron chi connectivity index (χ0n) is 11.2. The summed E-state index contributed by atoms with van der Waals surface area (Å²) in [6.45, 7) is 2.94. The van der Waals surface area contributed by atoms with Gasteiger partial charge in [0.25, 0.3) is 0 Å². The topological polar surface area (TPSA) is 52.6 Å². The first kappa shape index (κ1) is 13.4. The minimum Gasteiger partial charge on any atom is -0.462 e. The van der Waals surface area contributed by atoms with E-state index in [2.05, 4.69) is 0 Å². The molecule has 0 aromatic heterocycles. The van der Waals surface area contributed by atoms with E-state index in [1.54, 1.807) is 0 Å². The summed E-state index contributed by atoms with van der Waals surface area (Å²) in [5.41, 5.74) is 0. The van der Waals surface area contributed by atoms with Gasteiger partial charge in [-0.25, -0.2) is 0 Å². The second kappa shape index (κ2) is 5.72. The van der Waals surface area contributed by atoms with Crippen molar-refractivity contribution in [1.29, 1.82) is 0 Å². The molecule has 2 fully saturated rings. The Hall–Kier alpha value is -1.06. The van der Waals surface area contributed by atoms with E-state index in [0.29, 0.717) is 11.8 Å². The van der Waals surface area contributed by atoms with Crippen molar-refractivity contribution in [3.63, 3.8) is 0 Å². The molecule has 102 valence electrons. The lowest BCUT2D eigenvalue weighted by Gasteiger charge is -2.44. The van der Waals surface area contributed by atoms with Gasteiger partial charge in [-0.15, -0.1) is 0 Å². The normalized spacial score (nSPS) is 35.4. The minimum atomic E-state index is -0.199. The summed E-state index contributed by atoms with van der Waals surface area (Å²) in [7, 11) is 0. The first-order valence-corrected chi connectivity index (χ1v) is 6.92. The maximum Gasteiger partial charge on any atom is 0.302 e. The molecule has 4 heteroatoms. The summed E-state index contributed by atoms with van der Waals surface area (Å²) in [5, 5.41) is 0. The molecule has 2 aliphatic carbocycles. The molecule has 0 radical (unpaired) electrons. The van der Waals surface area contributed by atoms with Gasteiger partial charge in [0.05, 0.1) is 0 Å². The van der Waals surface area contributed by atoms with Crippen LogP contribution >= 0.6 is 0 Å². The lowest BCUT2D eigenvalue weighted by molar-refractivity contribution is -0.166. The third kappa shape index (κ3) is 3.03. The second-order valence-corrected chi connectivity index (χ2v) is 5.49. The quantitative estimate of drug-likeness (QED) is 0.710. The Balaban J connectivity index is 2.04. The molecule has 0 amide bonds. The lowest BCUT2D eigenvalue weighted by atomic mass is 9.68. The van der Waals surface area contributed by atoms with Crippen LogP contribution in [0.15, 0.2) is 0 Å². The third-order valence-electron chi connectivity index (χ3n) is 4.19. The van der Waals surface area contributed by atoms with Crippen LogP contribution in [0.4, 0.5) is 0 Å². The van der Waals surface area contributed by atoms with Gasteiger partial charge in [-0.3, -0.25) is 9.59 Å². The molecule has 0 saturated heterocycles. The van der Waals surface area contributed by atoms with Gasteiger partial charge in [-0.1, -0.05) is 0 Å². The number of carbonyl (C=O) groups excluding carboxylic acids is 2. The van der Waals surface area contributed by atoms with E-state index < -0.39 is 0 Å². The Morgan fingerprint density at radius 3 is 1.50 bits per heavy atom. The van der Waals surface area contributed by atoms with E-state index in [4.69, 9.17) is 9.47 Å². The van der Waals surface area contributed by atoms with E-state index in [1.165, 1.54) is 13.8 Å². The van der Waals surface area contributed by atoms with Crippen LogP contribution < -0.4 is 0 Å². The minimum absolute atomic E-state index is 0.0274. The highest BCUT2D eigenvalue weighted by molar-refractivity contribution is 5.66. The SMILES string of the molecule is CC(=O)OC1CCC[C@@H]2[C@@H](OC(C)=O)CCC[C@@H]12. The number of rotatable bonds is 2. The Bertz CT molecular complexity index is 294. The van der Waals surface area contributed by atoms with Crippen LogP contribution in [-0.4, -0.2) is 24.1 Å². The Labute approximate surface area is 108 Å². The van der Waals surface area contributed by atoms with Gasteiger partial charge in [0, 0.05) is 25.7 Å². The van der Waals surface area contributed by atoms with Crippen LogP contribution in [0, 0.1) is 11.8 Å². The van der Waals surface area contributed by atoms with Crippen molar-refractivity contribution in [2.75, 3.05) is 0 Å². The van der Waals surface area contributed by atoms with Crippen LogP contribution in [0.5, 0.6) is 0 Å². The lowest BCUT2D eigenvalue weighted by Crippen LogP contribution is -2.44. The number of hydrogen-bond donors (Lipinski definition) is 0. The number of fused-ring (bicyclic) bond motifs is 1. The smallest absolute Gasteiger partial charge is 0.302 e. The number of ether oxygens (including phenoxy) is 2. The summed E-state index contributed by atoms with van der Waals surface area (Å²) in [5.74, 6) is 0.354. The predicted octanol–water partition coefficient (Wildman–Crippen LogP) is 2.45. The molecule has 0 aliphatic heterocycles. The zero-order chi connectivity index (χ0) is 13.1. The molecule has 0 bridgehead atoms. The molecule has 0 heterocycles. The Morgan fingerprint density at radius 2 is 1.17 bits per heavy atom. The van der Waals surface area contributed by atoms with Crippen molar-refractivity contribution >= 4 is 11.9 Å². The van der Waals surface area contributed by atoms with Gasteiger partial charge >= 0.3 is 11.9 Å². The molecule has 2 rings (SSSR count). The van der Waals surface area contributed by atoms with Gasteiger partial charge in [0.2, 0.25) is 0 Å². The van der Waals surface area contributed by atoms with E-state index >= 15 is 0 Å². The highest BCUT2D eigenvalue weighted by Gasteiger charge is 2.42. The maximum atomic E-state index is 11.1. The van der Waals surface area contributed by atoms with Crippen LogP contribution in [0.1, 0.15) is 52.4 Å². The van der Waals surface area contributed by atoms with Crippen molar-refractivity contribution in [2.24, 2.45) is 11.8 Å². The maximum absolute atomic E-state index is 11.1. The fourth-order valence-electron chi connectivity index (χ4n) is 3.61. The number of esters is 2. The summed E-state index contributed by atoms with van der Waals surface area (Å²) >= 11 is 0. The summed E-state index contributed by atoms with van der Waals surface area (Å²) in [6, 6.07) is 0. The largest absolute Gasteiger partial charge is 0.462 e. The molecule has 2 aliphatic rings. The molecule has 0 aromatic carbocycles. The molecule has 1 unspecified atom stereocenters. The second-order valence-electron chi connectivity index (χ2n) is 5.49. The number of hydrogen-bond acceptors (Lipinski definition) is 4. The van der Waals surface area contributed by atoms with E-state index in [0.717, 1.165) is 38.5 Å². The van der Waals surface area contributed by atoms with Gasteiger partial charge < -0.3 is 9.47 Å². The van der Waals surface area contributed by atoms with Gasteiger partial charge in [0.1, 0.15) is 12.2 Å². The van der Waals surface area contributed by atoms with Crippen LogP contribution in [0.2, 0.25) is 0 Å². The molecule has 2 saturated carbocycles. The molecule has 0 N–H and O–H groups in total. The van der Waals surface area contributed by atoms with Gasteiger partial charge in [0.15, 0.2) is 0 Å². The van der Waals surface area contributed by atoms with E-state index in [9.17, 15) is 9.59 Å². The summed E-state index contributed by atoms with van der Waals surface area (Å²) in [4.78, 5) is 22.3. The first-order valence-electron chi connectivity index (χ1n) is 6.92. The first-order chi connectivity index (χ1) is 8.58. The van der Waals surface area contributed by atoms with Crippen LogP contribution in [0.25, 0.3) is 0 Å². The standard InChI is InChI=1S/C14H22O4/c1-9(15)17-13-7-3-6-12-11(13)5-4-8-14(12)18-10(2)16/h11-14H,3-8H2,1-2H3/t11-,12+,13-,14?/m0/s1. The average Bonchev–Trinajstić information content (AvgIpc) is 2.29. The molecule has 18 heavy (non-hydrogen) atoms. The van der Waals surface area contributed by atoms with Crippen molar-refractivity contribution in [1.82, 2.24) is 0 Å². The van der Waals surface area contributed by atoms with E-state index in [1.807, 2.05) is 0 Å². The molecular formula is C14H22O4. The van der Waals surface area contributed by atoms with E-state index in [-0.39, 0.29) is 24.1 Å². The number of carbonyl (C=O) groups is 2. The molecule has 4 atom stereocenters. The monoisotopic (exact) mass is 254 g/mol. The molecule has 4 nitrogen and oxygen atoms in total. The highest BCUT2D eigenvalue weighted by Crippen LogP contribution is 2.43. The molecule has 0 aromatic rings. The van der Waals surface area contributed by atoms with Crippen LogP contribution in [0.3, 0.4) is 0 Å². The molecule has 0 spiro atoms. The Morgan fingerprint density at radius 1 is 0.778 bits per heavy atom. The van der Waals surface area contributed by atoms with Crippen molar-refractivity contribution < 1.29 is 19.1 Å². The fraction of sp³-hybridized carbons (Fsp3) is 0.857. The molecular weight excluding hydrogens is 232 g/mol. The predicted molar refractivity (Wildman–Crippen MR) is 65.8 cm³/mol. The van der Waals surface area contributed by atoms with Crippen molar-refractivity contribution in [3.05, 3.63) is 0 Å². The average molecular weight is 254 g/mol. The summed E-state index contributed by atoms with van der Waals surface area (Å²) in [6.07, 6.45) is 6.23. The Kier molecular flexibility index (Phi) is 4.25. The highest BCUT2D eigenvalue weighted by atomic mass is 16.5. The summed E-state index contributed by atoms with van der Waals surface area (Å²) < 4.78 is 10.9. The fourth-order valence-corrected chi connectivity index (χ4v) is 3.61.